The number of ether oxygens (including phenoxy) is 1. The highest BCUT2D eigenvalue weighted by Gasteiger charge is 2.19. The van der Waals surface area contributed by atoms with Crippen molar-refractivity contribution < 1.29 is 4.74 Å². The van der Waals surface area contributed by atoms with E-state index in [4.69, 9.17) is 10.00 Å². The summed E-state index contributed by atoms with van der Waals surface area (Å²) in [4.78, 5) is 0. The molecule has 0 atom stereocenters. The molecule has 0 heterocycles. The predicted octanol–water partition coefficient (Wildman–Crippen LogP) is 5.21. The van der Waals surface area contributed by atoms with Gasteiger partial charge in [0.15, 0.2) is 0 Å². The van der Waals surface area contributed by atoms with Crippen molar-refractivity contribution >= 4 is 0 Å². The van der Waals surface area contributed by atoms with Crippen LogP contribution in [0.3, 0.4) is 0 Å². The Balaban J connectivity index is 2.36. The Kier molecular flexibility index (Phi) is 4.33. The van der Waals surface area contributed by atoms with Crippen LogP contribution in [0.1, 0.15) is 44.4 Å². The van der Waals surface area contributed by atoms with Crippen molar-refractivity contribution in [3.05, 3.63) is 59.2 Å². The molecule has 2 nitrogen and oxygen atoms in total. The maximum Gasteiger partial charge on any atom is 0.131 e. The summed E-state index contributed by atoms with van der Waals surface area (Å²) in [6.07, 6.45) is 1.01. The highest BCUT2D eigenvalue weighted by atomic mass is 16.5. The van der Waals surface area contributed by atoms with Gasteiger partial charge in [-0.3, -0.25) is 0 Å². The zero-order valence-corrected chi connectivity index (χ0v) is 13.1. The summed E-state index contributed by atoms with van der Waals surface area (Å²) in [7, 11) is 0. The lowest BCUT2D eigenvalue weighted by atomic mass is 9.85. The van der Waals surface area contributed by atoms with Crippen LogP contribution in [0.25, 0.3) is 0 Å². The molecule has 0 aliphatic heterocycles. The maximum atomic E-state index is 8.84. The first-order valence-corrected chi connectivity index (χ1v) is 7.25. The minimum absolute atomic E-state index is 0.0209. The second kappa shape index (κ2) is 6.01. The molecular weight excluding hydrogens is 258 g/mol. The summed E-state index contributed by atoms with van der Waals surface area (Å²) in [5.41, 5.74) is 3.17. The molecule has 2 heteroatoms. The number of benzene rings is 2. The van der Waals surface area contributed by atoms with Gasteiger partial charge in [-0.15, -0.1) is 0 Å². The Morgan fingerprint density at radius 2 is 1.71 bits per heavy atom. The largest absolute Gasteiger partial charge is 0.457 e. The molecule has 2 aromatic rings. The molecule has 0 saturated heterocycles. The molecule has 0 aliphatic carbocycles. The molecule has 0 unspecified atom stereocenters. The van der Waals surface area contributed by atoms with Crippen LogP contribution in [0.2, 0.25) is 0 Å². The Bertz CT molecular complexity index is 657. The summed E-state index contributed by atoms with van der Waals surface area (Å²) in [5.74, 6) is 1.63. The van der Waals surface area contributed by atoms with Gasteiger partial charge in [-0.1, -0.05) is 39.8 Å². The molecule has 2 aromatic carbocycles. The van der Waals surface area contributed by atoms with E-state index in [1.54, 1.807) is 12.1 Å². The summed E-state index contributed by atoms with van der Waals surface area (Å²) in [6.45, 7) is 8.72. The lowest BCUT2D eigenvalue weighted by Gasteiger charge is -2.23. The number of hydrogen-bond donors (Lipinski definition) is 0. The van der Waals surface area contributed by atoms with Gasteiger partial charge in [-0.25, -0.2) is 0 Å². The highest BCUT2D eigenvalue weighted by molar-refractivity contribution is 5.45. The molecule has 0 fully saturated rings. The molecule has 0 amide bonds. The van der Waals surface area contributed by atoms with Crippen molar-refractivity contribution in [2.75, 3.05) is 0 Å². The van der Waals surface area contributed by atoms with Crippen molar-refractivity contribution in [1.29, 1.82) is 5.26 Å². The van der Waals surface area contributed by atoms with Gasteiger partial charge in [0.05, 0.1) is 11.6 Å². The molecule has 0 spiro atoms. The van der Waals surface area contributed by atoms with Crippen molar-refractivity contribution in [2.24, 2.45) is 0 Å². The summed E-state index contributed by atoms with van der Waals surface area (Å²) < 4.78 is 6.03. The molecule has 2 rings (SSSR count). The summed E-state index contributed by atoms with van der Waals surface area (Å²) in [5, 5.41) is 8.84. The van der Waals surface area contributed by atoms with E-state index >= 15 is 0 Å². The number of aryl methyl sites for hydroxylation is 1. The molecule has 108 valence electrons. The van der Waals surface area contributed by atoms with E-state index in [1.165, 1.54) is 11.1 Å². The minimum Gasteiger partial charge on any atom is -0.457 e. The van der Waals surface area contributed by atoms with Gasteiger partial charge in [-0.05, 0) is 47.7 Å². The average Bonchev–Trinajstić information content (AvgIpc) is 2.47. The van der Waals surface area contributed by atoms with E-state index in [0.717, 1.165) is 17.9 Å². The van der Waals surface area contributed by atoms with Crippen LogP contribution in [0.5, 0.6) is 11.5 Å². The molecule has 0 aliphatic rings. The minimum atomic E-state index is 0.0209. The van der Waals surface area contributed by atoms with Crippen molar-refractivity contribution in [2.45, 2.75) is 39.5 Å². The molecule has 0 aromatic heterocycles. The van der Waals surface area contributed by atoms with Crippen LogP contribution in [0.4, 0.5) is 0 Å². The van der Waals surface area contributed by atoms with Gasteiger partial charge in [-0.2, -0.15) is 5.26 Å². The Morgan fingerprint density at radius 1 is 1.05 bits per heavy atom. The second-order valence-corrected chi connectivity index (χ2v) is 6.17. The smallest absolute Gasteiger partial charge is 0.131 e. The maximum absolute atomic E-state index is 8.84. The van der Waals surface area contributed by atoms with Crippen LogP contribution in [0.15, 0.2) is 42.5 Å². The van der Waals surface area contributed by atoms with E-state index in [2.05, 4.69) is 45.9 Å². The lowest BCUT2D eigenvalue weighted by Crippen LogP contribution is -2.13. The topological polar surface area (TPSA) is 33.0 Å². The first kappa shape index (κ1) is 15.1. The van der Waals surface area contributed by atoms with E-state index in [9.17, 15) is 0 Å². The fourth-order valence-electron chi connectivity index (χ4n) is 2.20. The number of nitriles is 1. The molecular formula is C19H21NO. The molecule has 21 heavy (non-hydrogen) atoms. The van der Waals surface area contributed by atoms with Gasteiger partial charge in [0.25, 0.3) is 0 Å². The van der Waals surface area contributed by atoms with E-state index in [1.807, 2.05) is 18.2 Å². The van der Waals surface area contributed by atoms with Gasteiger partial charge < -0.3 is 4.74 Å². The van der Waals surface area contributed by atoms with Gasteiger partial charge in [0, 0.05) is 5.56 Å². The third-order valence-corrected chi connectivity index (χ3v) is 3.47. The van der Waals surface area contributed by atoms with E-state index < -0.39 is 0 Å². The van der Waals surface area contributed by atoms with Gasteiger partial charge in [0.2, 0.25) is 0 Å². The van der Waals surface area contributed by atoms with Crippen molar-refractivity contribution in [1.82, 2.24) is 0 Å². The Labute approximate surface area is 127 Å². The molecule has 0 saturated carbocycles. The number of rotatable bonds is 3. The predicted molar refractivity (Wildman–Crippen MR) is 85.8 cm³/mol. The fraction of sp³-hybridized carbons (Fsp3) is 0.316. The summed E-state index contributed by atoms with van der Waals surface area (Å²) >= 11 is 0. The number of hydrogen-bond acceptors (Lipinski definition) is 2. The Morgan fingerprint density at radius 3 is 2.24 bits per heavy atom. The van der Waals surface area contributed by atoms with E-state index in [-0.39, 0.29) is 5.41 Å². The van der Waals surface area contributed by atoms with E-state index in [0.29, 0.717) is 5.56 Å². The fourth-order valence-corrected chi connectivity index (χ4v) is 2.20. The second-order valence-electron chi connectivity index (χ2n) is 6.17. The van der Waals surface area contributed by atoms with Crippen molar-refractivity contribution in [3.8, 4) is 17.6 Å². The van der Waals surface area contributed by atoms with Gasteiger partial charge >= 0.3 is 0 Å². The van der Waals surface area contributed by atoms with Crippen LogP contribution in [-0.4, -0.2) is 0 Å². The third kappa shape index (κ3) is 3.64. The monoisotopic (exact) mass is 279 g/mol. The van der Waals surface area contributed by atoms with Gasteiger partial charge in [0.1, 0.15) is 11.5 Å². The average molecular weight is 279 g/mol. The third-order valence-electron chi connectivity index (χ3n) is 3.47. The lowest BCUT2D eigenvalue weighted by molar-refractivity contribution is 0.455. The molecule has 0 N–H and O–H groups in total. The van der Waals surface area contributed by atoms with Crippen LogP contribution in [0, 0.1) is 11.3 Å². The highest BCUT2D eigenvalue weighted by Crippen LogP contribution is 2.35. The first-order chi connectivity index (χ1) is 9.94. The van der Waals surface area contributed by atoms with Crippen LogP contribution in [-0.2, 0) is 11.8 Å². The Hall–Kier alpha value is -2.27. The molecule has 0 radical (unpaired) electrons. The standard InChI is InChI=1S/C19H21NO/c1-5-14-8-11-18(17(12-14)19(2,3)4)21-16-9-6-15(13-20)7-10-16/h6-12H,5H2,1-4H3. The zero-order chi connectivity index (χ0) is 15.5. The van der Waals surface area contributed by atoms with Crippen LogP contribution >= 0.6 is 0 Å². The quantitative estimate of drug-likeness (QED) is 0.772. The molecule has 0 bridgehead atoms. The number of nitrogens with zero attached hydrogens (tertiary/aromatic N) is 1. The zero-order valence-electron chi connectivity index (χ0n) is 13.1. The SMILES string of the molecule is CCc1ccc(Oc2ccc(C#N)cc2)c(C(C)(C)C)c1. The van der Waals surface area contributed by atoms with Crippen LogP contribution < -0.4 is 4.74 Å². The summed E-state index contributed by atoms with van der Waals surface area (Å²) in [6, 6.07) is 15.7. The normalized spacial score (nSPS) is 11.0. The first-order valence-electron chi connectivity index (χ1n) is 7.25. The van der Waals surface area contributed by atoms with Crippen molar-refractivity contribution in [3.63, 3.8) is 0 Å².